The number of nitrogens with zero attached hydrogens (tertiary/aromatic N) is 2. The first kappa shape index (κ1) is 17.3. The van der Waals surface area contributed by atoms with E-state index in [2.05, 4.69) is 5.32 Å². The molecule has 0 saturated carbocycles. The second kappa shape index (κ2) is 7.23. The first-order chi connectivity index (χ1) is 12.2. The fourth-order valence-corrected chi connectivity index (χ4v) is 5.04. The van der Waals surface area contributed by atoms with Crippen LogP contribution in [0.25, 0.3) is 0 Å². The highest BCUT2D eigenvalue weighted by Gasteiger charge is 2.42. The Balaban J connectivity index is 1.40. The summed E-state index contributed by atoms with van der Waals surface area (Å²) in [5.74, 6) is 0.218. The van der Waals surface area contributed by atoms with Gasteiger partial charge in [0.15, 0.2) is 0 Å². The standard InChI is InChI=1S/C19H31N3O3/c23-17(21-11-7-19(8-12-21)6-9-20-14-19)15-4-1-2-10-22(15)18(24)16-5-3-13-25-16/h15-16,20H,1-14H2. The van der Waals surface area contributed by atoms with E-state index in [-0.39, 0.29) is 24.0 Å². The fraction of sp³-hybridized carbons (Fsp3) is 0.895. The molecule has 1 N–H and O–H groups in total. The van der Waals surface area contributed by atoms with Crippen molar-refractivity contribution in [1.82, 2.24) is 15.1 Å². The van der Waals surface area contributed by atoms with Crippen molar-refractivity contribution in [1.29, 1.82) is 0 Å². The van der Waals surface area contributed by atoms with Gasteiger partial charge in [0.2, 0.25) is 5.91 Å². The molecule has 4 saturated heterocycles. The van der Waals surface area contributed by atoms with Gasteiger partial charge in [-0.2, -0.15) is 0 Å². The minimum absolute atomic E-state index is 0.0454. The molecule has 1 spiro atoms. The van der Waals surface area contributed by atoms with Crippen LogP contribution >= 0.6 is 0 Å². The Hall–Kier alpha value is -1.14. The maximum atomic E-state index is 13.2. The van der Waals surface area contributed by atoms with Gasteiger partial charge in [-0.25, -0.2) is 0 Å². The van der Waals surface area contributed by atoms with E-state index in [1.807, 2.05) is 9.80 Å². The number of carbonyl (C=O) groups is 2. The summed E-state index contributed by atoms with van der Waals surface area (Å²) in [5, 5.41) is 3.47. The molecule has 140 valence electrons. The fourth-order valence-electron chi connectivity index (χ4n) is 5.04. The van der Waals surface area contributed by atoms with Crippen LogP contribution in [0.15, 0.2) is 0 Å². The quantitative estimate of drug-likeness (QED) is 0.812. The van der Waals surface area contributed by atoms with Gasteiger partial charge in [-0.1, -0.05) is 0 Å². The van der Waals surface area contributed by atoms with Gasteiger partial charge < -0.3 is 19.9 Å². The molecule has 0 aromatic rings. The summed E-state index contributed by atoms with van der Waals surface area (Å²) in [6.45, 7) is 5.28. The Kier molecular flexibility index (Phi) is 5.00. The van der Waals surface area contributed by atoms with Crippen molar-refractivity contribution < 1.29 is 14.3 Å². The van der Waals surface area contributed by atoms with Crippen molar-refractivity contribution in [2.45, 2.75) is 63.5 Å². The number of piperidine rings is 2. The largest absolute Gasteiger partial charge is 0.368 e. The molecule has 2 unspecified atom stereocenters. The van der Waals surface area contributed by atoms with Crippen LogP contribution in [0.3, 0.4) is 0 Å². The van der Waals surface area contributed by atoms with Gasteiger partial charge >= 0.3 is 0 Å². The van der Waals surface area contributed by atoms with Gasteiger partial charge in [0.05, 0.1) is 0 Å². The molecule has 6 nitrogen and oxygen atoms in total. The molecule has 6 heteroatoms. The summed E-state index contributed by atoms with van der Waals surface area (Å²) in [4.78, 5) is 29.8. The van der Waals surface area contributed by atoms with Gasteiger partial charge in [0, 0.05) is 32.8 Å². The van der Waals surface area contributed by atoms with Gasteiger partial charge in [-0.05, 0) is 63.3 Å². The van der Waals surface area contributed by atoms with E-state index in [1.165, 1.54) is 6.42 Å². The zero-order valence-corrected chi connectivity index (χ0v) is 15.2. The summed E-state index contributed by atoms with van der Waals surface area (Å²) in [7, 11) is 0. The van der Waals surface area contributed by atoms with Crippen LogP contribution in [0.4, 0.5) is 0 Å². The van der Waals surface area contributed by atoms with Gasteiger partial charge in [0.25, 0.3) is 5.91 Å². The third-order valence-electron chi connectivity index (χ3n) is 6.74. The average molecular weight is 349 g/mol. The van der Waals surface area contributed by atoms with E-state index in [4.69, 9.17) is 4.74 Å². The number of amides is 2. The van der Waals surface area contributed by atoms with E-state index in [1.54, 1.807) is 0 Å². The lowest BCUT2D eigenvalue weighted by Crippen LogP contribution is -2.57. The van der Waals surface area contributed by atoms with E-state index < -0.39 is 0 Å². The maximum absolute atomic E-state index is 13.2. The smallest absolute Gasteiger partial charge is 0.252 e. The van der Waals surface area contributed by atoms with E-state index in [0.717, 1.165) is 71.1 Å². The van der Waals surface area contributed by atoms with Crippen molar-refractivity contribution in [3.63, 3.8) is 0 Å². The summed E-state index contributed by atoms with van der Waals surface area (Å²) < 4.78 is 5.58. The van der Waals surface area contributed by atoms with Gasteiger partial charge in [0.1, 0.15) is 12.1 Å². The lowest BCUT2D eigenvalue weighted by Gasteiger charge is -2.43. The molecule has 4 aliphatic rings. The minimum atomic E-state index is -0.317. The number of likely N-dealkylation sites (tertiary alicyclic amines) is 2. The number of nitrogens with one attached hydrogen (secondary N) is 1. The Labute approximate surface area is 150 Å². The lowest BCUT2D eigenvalue weighted by molar-refractivity contribution is -0.154. The Bertz CT molecular complexity index is 502. The molecular weight excluding hydrogens is 318 g/mol. The topological polar surface area (TPSA) is 61.9 Å². The van der Waals surface area contributed by atoms with Crippen molar-refractivity contribution in [2.24, 2.45) is 5.41 Å². The molecule has 0 aliphatic carbocycles. The number of carbonyl (C=O) groups excluding carboxylic acids is 2. The third kappa shape index (κ3) is 3.43. The predicted molar refractivity (Wildman–Crippen MR) is 94.1 cm³/mol. The van der Waals surface area contributed by atoms with Crippen molar-refractivity contribution in [2.75, 3.05) is 39.3 Å². The van der Waals surface area contributed by atoms with Crippen LogP contribution in [0.1, 0.15) is 51.4 Å². The lowest BCUT2D eigenvalue weighted by atomic mass is 9.77. The third-order valence-corrected chi connectivity index (χ3v) is 6.74. The van der Waals surface area contributed by atoms with Crippen molar-refractivity contribution >= 4 is 11.8 Å². The molecular formula is C19H31N3O3. The summed E-state index contributed by atoms with van der Waals surface area (Å²) >= 11 is 0. The molecule has 0 aromatic heterocycles. The predicted octanol–water partition coefficient (Wildman–Crippen LogP) is 1.15. The van der Waals surface area contributed by atoms with Crippen LogP contribution in [-0.2, 0) is 14.3 Å². The summed E-state index contributed by atoms with van der Waals surface area (Å²) in [6.07, 6.45) is 7.70. The number of hydrogen-bond acceptors (Lipinski definition) is 4. The highest BCUT2D eigenvalue weighted by atomic mass is 16.5. The molecule has 0 aromatic carbocycles. The van der Waals surface area contributed by atoms with E-state index in [9.17, 15) is 9.59 Å². The van der Waals surface area contributed by atoms with E-state index in [0.29, 0.717) is 18.6 Å². The minimum Gasteiger partial charge on any atom is -0.368 e. The van der Waals surface area contributed by atoms with Crippen LogP contribution < -0.4 is 5.32 Å². The van der Waals surface area contributed by atoms with E-state index >= 15 is 0 Å². The molecule has 25 heavy (non-hydrogen) atoms. The monoisotopic (exact) mass is 349 g/mol. The molecule has 4 aliphatic heterocycles. The molecule has 2 atom stereocenters. The van der Waals surface area contributed by atoms with Crippen LogP contribution in [0, 0.1) is 5.41 Å². The van der Waals surface area contributed by atoms with Crippen LogP contribution in [0.5, 0.6) is 0 Å². The summed E-state index contributed by atoms with van der Waals surface area (Å²) in [5.41, 5.74) is 0.413. The highest BCUT2D eigenvalue weighted by molar-refractivity contribution is 5.89. The van der Waals surface area contributed by atoms with Crippen molar-refractivity contribution in [3.05, 3.63) is 0 Å². The zero-order valence-electron chi connectivity index (χ0n) is 15.2. The van der Waals surface area contributed by atoms with Gasteiger partial charge in [-0.3, -0.25) is 9.59 Å². The highest BCUT2D eigenvalue weighted by Crippen LogP contribution is 2.37. The number of hydrogen-bond donors (Lipinski definition) is 1. The SMILES string of the molecule is O=C(C1CCCCN1C(=O)C1CCCO1)N1CCC2(CCNC2)CC1. The zero-order chi connectivity index (χ0) is 17.3. The normalized spacial score (nSPS) is 32.3. The molecule has 2 amide bonds. The first-order valence-electron chi connectivity index (χ1n) is 10.1. The van der Waals surface area contributed by atoms with Crippen LogP contribution in [0.2, 0.25) is 0 Å². The molecule has 0 bridgehead atoms. The molecule has 4 heterocycles. The second-order valence-electron chi connectivity index (χ2n) is 8.30. The molecule has 4 fully saturated rings. The first-order valence-corrected chi connectivity index (χ1v) is 10.1. The Morgan fingerprint density at radius 3 is 2.48 bits per heavy atom. The summed E-state index contributed by atoms with van der Waals surface area (Å²) in [6, 6.07) is -0.263. The Morgan fingerprint density at radius 2 is 1.80 bits per heavy atom. The maximum Gasteiger partial charge on any atom is 0.252 e. The van der Waals surface area contributed by atoms with Crippen LogP contribution in [-0.4, -0.2) is 73.1 Å². The van der Waals surface area contributed by atoms with Crippen molar-refractivity contribution in [3.8, 4) is 0 Å². The second-order valence-corrected chi connectivity index (χ2v) is 8.30. The van der Waals surface area contributed by atoms with Gasteiger partial charge in [-0.15, -0.1) is 0 Å². The Morgan fingerprint density at radius 1 is 0.960 bits per heavy atom. The number of ether oxygens (including phenoxy) is 1. The molecule has 4 rings (SSSR count). The number of rotatable bonds is 2. The molecule has 0 radical (unpaired) electrons. The average Bonchev–Trinajstić information content (AvgIpc) is 3.34.